The largest absolute Gasteiger partial charge is 2.00 e. The zero-order valence-corrected chi connectivity index (χ0v) is 24.8. The van der Waals surface area contributed by atoms with Crippen molar-refractivity contribution in [2.45, 2.75) is 26.4 Å². The molecule has 2 heterocycles. The van der Waals surface area contributed by atoms with Gasteiger partial charge in [0.05, 0.1) is 20.4 Å². The van der Waals surface area contributed by atoms with E-state index in [4.69, 9.17) is 8.83 Å². The van der Waals surface area contributed by atoms with Crippen molar-refractivity contribution in [3.8, 4) is 0 Å². The molecule has 2 atom stereocenters. The Hall–Kier alpha value is -3.15. The van der Waals surface area contributed by atoms with Gasteiger partial charge >= 0.3 is 17.1 Å². The number of benzene rings is 1. The Morgan fingerprint density at radius 2 is 1.69 bits per heavy atom. The van der Waals surface area contributed by atoms with Crippen molar-refractivity contribution in [2.24, 2.45) is 0 Å². The monoisotopic (exact) mass is 584 g/mol. The molecule has 3 aromatic rings. The zero-order valence-electron chi connectivity index (χ0n) is 21.9. The van der Waals surface area contributed by atoms with Crippen molar-refractivity contribution in [2.75, 3.05) is 0 Å². The van der Waals surface area contributed by atoms with Gasteiger partial charge in [-0.05, 0) is 54.2 Å². The molecule has 0 aliphatic heterocycles. The van der Waals surface area contributed by atoms with E-state index in [2.05, 4.69) is 129 Å². The molecule has 2 radical (unpaired) electrons. The number of aryl methyl sites for hydroxylation is 1. The average molecular weight is 584 g/mol. The van der Waals surface area contributed by atoms with E-state index >= 15 is 0 Å². The summed E-state index contributed by atoms with van der Waals surface area (Å²) in [6.07, 6.45) is 21.6. The predicted molar refractivity (Wildman–Crippen MR) is 158 cm³/mol. The molecule has 3 aliphatic rings. The van der Waals surface area contributed by atoms with Crippen LogP contribution in [0.5, 0.6) is 0 Å². The number of hydrogen-bond acceptors (Lipinski definition) is 2. The molecule has 1 aromatic carbocycles. The summed E-state index contributed by atoms with van der Waals surface area (Å²) in [6, 6.07) is 16.8. The summed E-state index contributed by atoms with van der Waals surface area (Å²) in [7, 11) is -1.56. The summed E-state index contributed by atoms with van der Waals surface area (Å²) in [6.45, 7) is 6.81. The maximum Gasteiger partial charge on any atom is 2.00 e. The Balaban J connectivity index is 0.000000530. The molecule has 2 aromatic heterocycles. The molecule has 39 heavy (non-hydrogen) atoms. The van der Waals surface area contributed by atoms with E-state index in [0.717, 1.165) is 11.0 Å². The molecular formula is C34H26FeO2P2. The van der Waals surface area contributed by atoms with Gasteiger partial charge in [0.1, 0.15) is 11.0 Å². The van der Waals surface area contributed by atoms with Crippen LogP contribution >= 0.6 is 15.8 Å². The number of hydrogen-bond donors (Lipinski definition) is 0. The molecule has 0 saturated carbocycles. The molecule has 5 heteroatoms. The molecule has 2 nitrogen and oxygen atoms in total. The number of allylic oxidation sites excluding steroid dienone is 9. The Morgan fingerprint density at radius 1 is 0.949 bits per heavy atom. The molecular weight excluding hydrogens is 558 g/mol. The van der Waals surface area contributed by atoms with Crippen LogP contribution in [0.3, 0.4) is 0 Å². The molecule has 6 rings (SSSR count). The summed E-state index contributed by atoms with van der Waals surface area (Å²) in [5.41, 5.74) is 15.9. The first-order valence-corrected chi connectivity index (χ1v) is 15.1. The van der Waals surface area contributed by atoms with Gasteiger partial charge in [-0.1, -0.05) is 46.0 Å². The second-order valence-corrected chi connectivity index (χ2v) is 13.3. The fraction of sp³-hybridized carbons (Fsp3) is 0.118. The Bertz CT molecular complexity index is 1530. The smallest absolute Gasteiger partial charge is 0.464 e. The van der Waals surface area contributed by atoms with Crippen LogP contribution in [-0.4, -0.2) is 5.66 Å². The first-order chi connectivity index (χ1) is 18.6. The third-order valence-corrected chi connectivity index (χ3v) is 11.7. The Morgan fingerprint density at radius 3 is 2.26 bits per heavy atom. The van der Waals surface area contributed by atoms with Crippen molar-refractivity contribution >= 4 is 32.2 Å². The molecule has 0 saturated heterocycles. The maximum atomic E-state index is 5.91. The summed E-state index contributed by atoms with van der Waals surface area (Å²) in [4.78, 5) is 0. The standard InChI is InChI=1S/C29H26O2P2.C5.Fe/c1-21-11-4-6-14-25(21)32(26-15-7-5-12-22(26)2)23(3)24-13-8-16-27(24)33(28-17-9-19-30-28)29-18-10-20-31-29;1-2-4-5-3-1;/h4-12,14-20,23H,1-3H3;;/q2*-1;+2/t23-;;/m1../s1. The topological polar surface area (TPSA) is 26.3 Å². The summed E-state index contributed by atoms with van der Waals surface area (Å²) in [5, 5.41) is 4.11. The van der Waals surface area contributed by atoms with Crippen LogP contribution in [0.15, 0.2) is 139 Å². The summed E-state index contributed by atoms with van der Waals surface area (Å²) >= 11 is 0. The third kappa shape index (κ3) is 6.54. The summed E-state index contributed by atoms with van der Waals surface area (Å²) < 4.78 is 11.8. The Kier molecular flexibility index (Phi) is 10.2. The van der Waals surface area contributed by atoms with E-state index in [0.29, 0.717) is 0 Å². The van der Waals surface area contributed by atoms with Gasteiger partial charge in [-0.15, -0.1) is 29.6 Å². The van der Waals surface area contributed by atoms with Gasteiger partial charge in [0, 0.05) is 16.5 Å². The van der Waals surface area contributed by atoms with Gasteiger partial charge in [-0.3, -0.25) is 11.5 Å². The first-order valence-electron chi connectivity index (χ1n) is 12.3. The van der Waals surface area contributed by atoms with Crippen molar-refractivity contribution in [1.29, 1.82) is 0 Å². The number of furan rings is 2. The van der Waals surface area contributed by atoms with Gasteiger partial charge in [0.25, 0.3) is 0 Å². The van der Waals surface area contributed by atoms with Gasteiger partial charge < -0.3 is 8.83 Å². The van der Waals surface area contributed by atoms with Crippen LogP contribution in [0.25, 0.3) is 0 Å². The molecule has 0 fully saturated rings. The van der Waals surface area contributed by atoms with E-state index < -0.39 is 15.8 Å². The second-order valence-electron chi connectivity index (χ2n) is 8.76. The maximum absolute atomic E-state index is 5.91. The van der Waals surface area contributed by atoms with Crippen LogP contribution in [0.4, 0.5) is 0 Å². The van der Waals surface area contributed by atoms with E-state index in [1.807, 2.05) is 12.1 Å². The second kappa shape index (κ2) is 13.8. The average Bonchev–Trinajstić information content (AvgIpc) is 3.77. The predicted octanol–water partition coefficient (Wildman–Crippen LogP) is 7.67. The minimum absolute atomic E-state index is 0. The fourth-order valence-corrected chi connectivity index (χ4v) is 9.83. The van der Waals surface area contributed by atoms with Crippen LogP contribution in [-0.2, 0) is 17.1 Å². The van der Waals surface area contributed by atoms with Crippen LogP contribution in [0, 0.1) is 31.4 Å². The quantitative estimate of drug-likeness (QED) is 0.123. The molecule has 3 aliphatic carbocycles. The van der Waals surface area contributed by atoms with E-state index in [1.165, 1.54) is 33.0 Å². The first kappa shape index (κ1) is 28.8. The van der Waals surface area contributed by atoms with E-state index in [1.54, 1.807) is 12.5 Å². The van der Waals surface area contributed by atoms with Crippen LogP contribution in [0.2, 0.25) is 0 Å². The van der Waals surface area contributed by atoms with Crippen LogP contribution in [0.1, 0.15) is 19.4 Å². The minimum Gasteiger partial charge on any atom is -0.464 e. The van der Waals surface area contributed by atoms with E-state index in [9.17, 15) is 0 Å². The van der Waals surface area contributed by atoms with Crippen molar-refractivity contribution in [1.82, 2.24) is 0 Å². The Labute approximate surface area is 244 Å². The molecule has 0 bridgehead atoms. The molecule has 0 N–H and O–H groups in total. The van der Waals surface area contributed by atoms with Gasteiger partial charge in [-0.25, -0.2) is 5.73 Å². The minimum atomic E-state index is -0.920. The zero-order chi connectivity index (χ0) is 26.3. The number of rotatable bonds is 7. The van der Waals surface area contributed by atoms with Crippen molar-refractivity contribution in [3.63, 3.8) is 0 Å². The SMILES string of the molecule is Cc1ccccc1P(C1=C[CH]C=C[C-]1C)[C@H](C)C1=C=CC=C1P(c1ccco1)c1ccco1.[C]1=C=C=C=[C-]1.[Fe+2]. The van der Waals surface area contributed by atoms with Gasteiger partial charge in [0.2, 0.25) is 0 Å². The molecule has 0 amide bonds. The summed E-state index contributed by atoms with van der Waals surface area (Å²) in [5.74, 6) is 1.34. The van der Waals surface area contributed by atoms with Gasteiger partial charge in [-0.2, -0.15) is 24.1 Å². The van der Waals surface area contributed by atoms with Crippen molar-refractivity contribution in [3.05, 3.63) is 161 Å². The van der Waals surface area contributed by atoms with E-state index in [-0.39, 0.29) is 22.7 Å². The van der Waals surface area contributed by atoms with Gasteiger partial charge in [0.15, 0.2) is 0 Å². The third-order valence-electron chi connectivity index (χ3n) is 6.32. The fourth-order valence-electron chi connectivity index (χ4n) is 4.54. The van der Waals surface area contributed by atoms with Crippen LogP contribution < -0.4 is 16.3 Å². The molecule has 192 valence electrons. The molecule has 1 unspecified atom stereocenters. The molecule has 0 spiro atoms. The van der Waals surface area contributed by atoms with Crippen molar-refractivity contribution < 1.29 is 25.9 Å². The normalized spacial score (nSPS) is 16.0.